The van der Waals surface area contributed by atoms with Gasteiger partial charge in [-0.25, -0.2) is 4.98 Å². The molecule has 0 amide bonds. The number of fused-ring (bicyclic) bond motifs is 1. The number of hydrogen-bond donors (Lipinski definition) is 0. The van der Waals surface area contributed by atoms with Crippen molar-refractivity contribution in [2.75, 3.05) is 18.0 Å². The maximum Gasteiger partial charge on any atom is 0.133 e. The van der Waals surface area contributed by atoms with E-state index in [0.29, 0.717) is 0 Å². The molecule has 0 radical (unpaired) electrons. The molecular weight excluding hydrogens is 300 g/mol. The smallest absolute Gasteiger partial charge is 0.133 e. The fourth-order valence-electron chi connectivity index (χ4n) is 3.15. The lowest BCUT2D eigenvalue weighted by Crippen LogP contribution is -2.31. The Morgan fingerprint density at radius 3 is 2.71 bits per heavy atom. The van der Waals surface area contributed by atoms with Crippen molar-refractivity contribution in [2.45, 2.75) is 19.6 Å². The molecule has 0 bridgehead atoms. The lowest BCUT2D eigenvalue weighted by Gasteiger charge is -2.23. The van der Waals surface area contributed by atoms with Crippen LogP contribution in [-0.4, -0.2) is 28.0 Å². The highest BCUT2D eigenvalue weighted by Gasteiger charge is 2.21. The Balaban J connectivity index is 1.56. The highest BCUT2D eigenvalue weighted by molar-refractivity contribution is 5.48. The third-order valence-corrected chi connectivity index (χ3v) is 4.33. The average Bonchev–Trinajstić information content (AvgIpc) is 3.06. The minimum absolute atomic E-state index is 0.824. The predicted octanol–water partition coefficient (Wildman–Crippen LogP) is 3.09. The zero-order valence-electron chi connectivity index (χ0n) is 13.5. The minimum atomic E-state index is 0.824. The van der Waals surface area contributed by atoms with Gasteiger partial charge in [0.2, 0.25) is 0 Å². The molecule has 4 heterocycles. The van der Waals surface area contributed by atoms with Gasteiger partial charge in [0.25, 0.3) is 0 Å². The molecule has 0 N–H and O–H groups in total. The van der Waals surface area contributed by atoms with Gasteiger partial charge < -0.3 is 9.32 Å². The SMILES string of the molecule is c1coc(CN2CCN(Cc3ccncc3)c3ncccc3C2)c1. The Bertz CT molecular complexity index is 773. The van der Waals surface area contributed by atoms with Crippen LogP contribution in [0.2, 0.25) is 0 Å². The summed E-state index contributed by atoms with van der Waals surface area (Å²) in [5.74, 6) is 2.08. The molecule has 122 valence electrons. The van der Waals surface area contributed by atoms with Gasteiger partial charge in [-0.2, -0.15) is 0 Å². The summed E-state index contributed by atoms with van der Waals surface area (Å²) in [6, 6.07) is 12.3. The van der Waals surface area contributed by atoms with E-state index in [1.54, 1.807) is 6.26 Å². The van der Waals surface area contributed by atoms with Gasteiger partial charge in [0.15, 0.2) is 0 Å². The maximum atomic E-state index is 5.51. The Morgan fingerprint density at radius 2 is 1.88 bits per heavy atom. The lowest BCUT2D eigenvalue weighted by atomic mass is 10.2. The van der Waals surface area contributed by atoms with Gasteiger partial charge in [-0.1, -0.05) is 6.07 Å². The number of furan rings is 1. The van der Waals surface area contributed by atoms with Gasteiger partial charge in [-0.05, 0) is 35.9 Å². The molecule has 4 rings (SSSR count). The molecule has 0 aromatic carbocycles. The van der Waals surface area contributed by atoms with Crippen molar-refractivity contribution >= 4 is 5.82 Å². The number of pyridine rings is 2. The molecule has 24 heavy (non-hydrogen) atoms. The van der Waals surface area contributed by atoms with Crippen LogP contribution in [-0.2, 0) is 19.6 Å². The third-order valence-electron chi connectivity index (χ3n) is 4.33. The van der Waals surface area contributed by atoms with E-state index in [-0.39, 0.29) is 0 Å². The fraction of sp³-hybridized carbons (Fsp3) is 0.263. The van der Waals surface area contributed by atoms with E-state index in [1.807, 2.05) is 36.8 Å². The summed E-state index contributed by atoms with van der Waals surface area (Å²) in [4.78, 5) is 13.5. The number of anilines is 1. The first-order valence-corrected chi connectivity index (χ1v) is 8.21. The van der Waals surface area contributed by atoms with Crippen LogP contribution >= 0.6 is 0 Å². The van der Waals surface area contributed by atoms with E-state index in [1.165, 1.54) is 11.1 Å². The Labute approximate surface area is 141 Å². The molecule has 0 unspecified atom stereocenters. The summed E-state index contributed by atoms with van der Waals surface area (Å²) in [6.07, 6.45) is 7.30. The highest BCUT2D eigenvalue weighted by Crippen LogP contribution is 2.25. The molecule has 0 saturated carbocycles. The molecular formula is C19H20N4O. The molecule has 5 nitrogen and oxygen atoms in total. The van der Waals surface area contributed by atoms with E-state index in [2.05, 4.69) is 38.0 Å². The second-order valence-electron chi connectivity index (χ2n) is 6.05. The van der Waals surface area contributed by atoms with Crippen LogP contribution in [0.25, 0.3) is 0 Å². The topological polar surface area (TPSA) is 45.4 Å². The average molecular weight is 320 g/mol. The van der Waals surface area contributed by atoms with Crippen molar-refractivity contribution in [3.05, 3.63) is 78.1 Å². The van der Waals surface area contributed by atoms with Crippen LogP contribution in [0.3, 0.4) is 0 Å². The number of rotatable bonds is 4. The minimum Gasteiger partial charge on any atom is -0.468 e. The van der Waals surface area contributed by atoms with Gasteiger partial charge in [0.05, 0.1) is 12.8 Å². The molecule has 0 atom stereocenters. The molecule has 0 fully saturated rings. The Hall–Kier alpha value is -2.66. The van der Waals surface area contributed by atoms with Crippen LogP contribution in [0.4, 0.5) is 5.82 Å². The van der Waals surface area contributed by atoms with Crippen LogP contribution in [0.5, 0.6) is 0 Å². The largest absolute Gasteiger partial charge is 0.468 e. The molecule has 1 aliphatic rings. The maximum absolute atomic E-state index is 5.51. The molecule has 0 aliphatic carbocycles. The van der Waals surface area contributed by atoms with Crippen LogP contribution in [0.15, 0.2) is 65.7 Å². The van der Waals surface area contributed by atoms with Crippen molar-refractivity contribution < 1.29 is 4.42 Å². The molecule has 0 spiro atoms. The zero-order valence-corrected chi connectivity index (χ0v) is 13.5. The van der Waals surface area contributed by atoms with Crippen molar-refractivity contribution in [3.63, 3.8) is 0 Å². The molecule has 5 heteroatoms. The third kappa shape index (κ3) is 3.31. The first-order chi connectivity index (χ1) is 11.9. The van der Waals surface area contributed by atoms with Gasteiger partial charge in [-0.15, -0.1) is 0 Å². The Morgan fingerprint density at radius 1 is 0.958 bits per heavy atom. The molecule has 0 saturated heterocycles. The monoisotopic (exact) mass is 320 g/mol. The quantitative estimate of drug-likeness (QED) is 0.739. The van der Waals surface area contributed by atoms with Crippen LogP contribution in [0, 0.1) is 0 Å². The van der Waals surface area contributed by atoms with Crippen molar-refractivity contribution in [1.82, 2.24) is 14.9 Å². The van der Waals surface area contributed by atoms with E-state index in [4.69, 9.17) is 4.42 Å². The Kier molecular flexibility index (Phi) is 4.25. The summed E-state index contributed by atoms with van der Waals surface area (Å²) in [5, 5.41) is 0. The van der Waals surface area contributed by atoms with E-state index in [0.717, 1.165) is 44.3 Å². The summed E-state index contributed by atoms with van der Waals surface area (Å²) in [7, 11) is 0. The summed E-state index contributed by atoms with van der Waals surface area (Å²) < 4.78 is 5.51. The summed E-state index contributed by atoms with van der Waals surface area (Å²) in [6.45, 7) is 4.47. The van der Waals surface area contributed by atoms with Gasteiger partial charge in [-0.3, -0.25) is 9.88 Å². The molecule has 1 aliphatic heterocycles. The number of aromatic nitrogens is 2. The van der Waals surface area contributed by atoms with Gasteiger partial charge >= 0.3 is 0 Å². The highest BCUT2D eigenvalue weighted by atomic mass is 16.3. The summed E-state index contributed by atoms with van der Waals surface area (Å²) in [5.41, 5.74) is 2.51. The summed E-state index contributed by atoms with van der Waals surface area (Å²) >= 11 is 0. The van der Waals surface area contributed by atoms with E-state index >= 15 is 0 Å². The molecule has 3 aromatic heterocycles. The van der Waals surface area contributed by atoms with Crippen molar-refractivity contribution in [3.8, 4) is 0 Å². The zero-order chi connectivity index (χ0) is 16.2. The van der Waals surface area contributed by atoms with Crippen molar-refractivity contribution in [2.24, 2.45) is 0 Å². The van der Waals surface area contributed by atoms with Crippen LogP contribution < -0.4 is 4.90 Å². The second kappa shape index (κ2) is 6.84. The van der Waals surface area contributed by atoms with E-state index < -0.39 is 0 Å². The standard InChI is InChI=1S/C19H20N4O/c1-3-17-14-22(15-18-4-2-12-24-18)10-11-23(19(17)21-7-1)13-16-5-8-20-9-6-16/h1-9,12H,10-11,13-15H2. The second-order valence-corrected chi connectivity index (χ2v) is 6.05. The van der Waals surface area contributed by atoms with Gasteiger partial charge in [0, 0.05) is 50.3 Å². The normalized spacial score (nSPS) is 15.1. The number of nitrogens with zero attached hydrogens (tertiary/aromatic N) is 4. The van der Waals surface area contributed by atoms with Crippen molar-refractivity contribution in [1.29, 1.82) is 0 Å². The first-order valence-electron chi connectivity index (χ1n) is 8.21. The van der Waals surface area contributed by atoms with E-state index in [9.17, 15) is 0 Å². The first kappa shape index (κ1) is 14.9. The fourth-order valence-corrected chi connectivity index (χ4v) is 3.15. The number of hydrogen-bond acceptors (Lipinski definition) is 5. The lowest BCUT2D eigenvalue weighted by molar-refractivity contribution is 0.245. The van der Waals surface area contributed by atoms with Gasteiger partial charge in [0.1, 0.15) is 11.6 Å². The predicted molar refractivity (Wildman–Crippen MR) is 92.3 cm³/mol. The molecule has 3 aromatic rings. The van der Waals surface area contributed by atoms with Crippen LogP contribution in [0.1, 0.15) is 16.9 Å².